The van der Waals surface area contributed by atoms with Crippen molar-refractivity contribution < 1.29 is 9.47 Å². The van der Waals surface area contributed by atoms with Crippen LogP contribution < -0.4 is 14.8 Å². The van der Waals surface area contributed by atoms with E-state index in [1.165, 1.54) is 6.42 Å². The summed E-state index contributed by atoms with van der Waals surface area (Å²) in [6, 6.07) is 6.47. The summed E-state index contributed by atoms with van der Waals surface area (Å²) in [5.41, 5.74) is 1.09. The molecule has 1 unspecified atom stereocenters. The lowest BCUT2D eigenvalue weighted by Gasteiger charge is -2.16. The molecular weight excluding hydrogens is 216 g/mol. The number of hydrogen-bond donors (Lipinski definition) is 1. The molecule has 0 radical (unpaired) electrons. The van der Waals surface area contributed by atoms with Crippen LogP contribution in [-0.4, -0.2) is 45.3 Å². The van der Waals surface area contributed by atoms with Gasteiger partial charge in [-0.25, -0.2) is 0 Å². The highest BCUT2D eigenvalue weighted by molar-refractivity contribution is 5.55. The summed E-state index contributed by atoms with van der Waals surface area (Å²) in [4.78, 5) is 2.33. The van der Waals surface area contributed by atoms with Gasteiger partial charge in [0.1, 0.15) is 0 Å². The van der Waals surface area contributed by atoms with Gasteiger partial charge in [0.05, 0.1) is 14.2 Å². The summed E-state index contributed by atoms with van der Waals surface area (Å²) in [5, 5.41) is 3.52. The highest BCUT2D eigenvalue weighted by Crippen LogP contribution is 2.30. The number of anilines is 1. The number of nitrogens with one attached hydrogen (secondary N) is 1. The molecular formula is C13H20N2O2. The summed E-state index contributed by atoms with van der Waals surface area (Å²) in [7, 11) is 5.46. The average Bonchev–Trinajstić information content (AvgIpc) is 2.74. The van der Waals surface area contributed by atoms with Gasteiger partial charge in [-0.05, 0) is 32.1 Å². The summed E-state index contributed by atoms with van der Waals surface area (Å²) < 4.78 is 10.5. The van der Waals surface area contributed by atoms with E-state index in [0.717, 1.165) is 30.3 Å². The molecule has 1 aliphatic rings. The molecule has 1 aliphatic heterocycles. The zero-order valence-electron chi connectivity index (χ0n) is 10.7. The third kappa shape index (κ3) is 2.82. The van der Waals surface area contributed by atoms with E-state index in [2.05, 4.69) is 17.3 Å². The highest BCUT2D eigenvalue weighted by Gasteiger charge is 2.19. The van der Waals surface area contributed by atoms with Crippen LogP contribution in [0.4, 0.5) is 5.69 Å². The average molecular weight is 236 g/mol. The minimum atomic E-state index is 0.526. The van der Waals surface area contributed by atoms with Gasteiger partial charge >= 0.3 is 0 Å². The number of likely N-dealkylation sites (tertiary alicyclic amines) is 1. The van der Waals surface area contributed by atoms with E-state index in [0.29, 0.717) is 6.04 Å². The minimum Gasteiger partial charge on any atom is -0.493 e. The first-order chi connectivity index (χ1) is 8.22. The third-order valence-electron chi connectivity index (χ3n) is 3.15. The van der Waals surface area contributed by atoms with E-state index >= 15 is 0 Å². The summed E-state index contributed by atoms with van der Waals surface area (Å²) >= 11 is 0. The molecule has 0 spiro atoms. The van der Waals surface area contributed by atoms with E-state index < -0.39 is 0 Å². The maximum Gasteiger partial charge on any atom is 0.162 e. The number of benzene rings is 1. The summed E-state index contributed by atoms with van der Waals surface area (Å²) in [5.74, 6) is 1.53. The second kappa shape index (κ2) is 5.27. The van der Waals surface area contributed by atoms with Gasteiger partial charge in [-0.3, -0.25) is 0 Å². The Hall–Kier alpha value is -1.42. The van der Waals surface area contributed by atoms with Gasteiger partial charge in [-0.2, -0.15) is 0 Å². The normalized spacial score (nSPS) is 20.3. The van der Waals surface area contributed by atoms with Crippen molar-refractivity contribution >= 4 is 5.69 Å². The first-order valence-electron chi connectivity index (χ1n) is 5.90. The van der Waals surface area contributed by atoms with Gasteiger partial charge in [0.15, 0.2) is 11.5 Å². The first-order valence-corrected chi connectivity index (χ1v) is 5.90. The molecule has 1 fully saturated rings. The Bertz CT molecular complexity index is 382. The molecule has 1 saturated heterocycles. The molecule has 1 aromatic carbocycles. The molecule has 4 nitrogen and oxygen atoms in total. The standard InChI is InChI=1S/C13H20N2O2/c1-15-7-6-11(9-15)14-10-4-5-12(16-2)13(8-10)17-3/h4-5,8,11,14H,6-7,9H2,1-3H3. The number of likely N-dealkylation sites (N-methyl/N-ethyl adjacent to an activating group) is 1. The van der Waals surface area contributed by atoms with Crippen molar-refractivity contribution in [2.45, 2.75) is 12.5 Å². The SMILES string of the molecule is COc1ccc(NC2CCN(C)C2)cc1OC. The number of nitrogens with zero attached hydrogens (tertiary/aromatic N) is 1. The van der Waals surface area contributed by atoms with Crippen molar-refractivity contribution in [3.8, 4) is 11.5 Å². The van der Waals surface area contributed by atoms with E-state index in [1.54, 1.807) is 14.2 Å². The molecule has 1 heterocycles. The van der Waals surface area contributed by atoms with Gasteiger partial charge in [0, 0.05) is 24.3 Å². The molecule has 4 heteroatoms. The summed E-state index contributed by atoms with van der Waals surface area (Å²) in [6.45, 7) is 2.25. The largest absolute Gasteiger partial charge is 0.493 e. The quantitative estimate of drug-likeness (QED) is 0.864. The number of ether oxygens (including phenoxy) is 2. The fourth-order valence-corrected chi connectivity index (χ4v) is 2.21. The Morgan fingerprint density at radius 3 is 2.59 bits per heavy atom. The van der Waals surface area contributed by atoms with E-state index in [-0.39, 0.29) is 0 Å². The smallest absolute Gasteiger partial charge is 0.162 e. The molecule has 0 bridgehead atoms. The van der Waals surface area contributed by atoms with Crippen molar-refractivity contribution in [1.82, 2.24) is 4.90 Å². The molecule has 1 atom stereocenters. The van der Waals surface area contributed by atoms with Gasteiger partial charge in [-0.1, -0.05) is 0 Å². The molecule has 94 valence electrons. The van der Waals surface area contributed by atoms with Crippen LogP contribution in [0, 0.1) is 0 Å². The minimum absolute atomic E-state index is 0.526. The van der Waals surface area contributed by atoms with Crippen molar-refractivity contribution in [1.29, 1.82) is 0 Å². The summed E-state index contributed by atoms with van der Waals surface area (Å²) in [6.07, 6.45) is 1.19. The lowest BCUT2D eigenvalue weighted by atomic mass is 10.2. The second-order valence-corrected chi connectivity index (χ2v) is 4.46. The van der Waals surface area contributed by atoms with E-state index in [4.69, 9.17) is 9.47 Å². The van der Waals surface area contributed by atoms with E-state index in [9.17, 15) is 0 Å². The lowest BCUT2D eigenvalue weighted by Crippen LogP contribution is -2.23. The van der Waals surface area contributed by atoms with Gasteiger partial charge in [0.2, 0.25) is 0 Å². The van der Waals surface area contributed by atoms with Gasteiger partial charge in [-0.15, -0.1) is 0 Å². The maximum absolute atomic E-state index is 5.29. The Morgan fingerprint density at radius 2 is 2.00 bits per heavy atom. The molecule has 0 aliphatic carbocycles. The maximum atomic E-state index is 5.29. The Kier molecular flexibility index (Phi) is 3.74. The predicted molar refractivity (Wildman–Crippen MR) is 69.1 cm³/mol. The molecule has 0 saturated carbocycles. The number of hydrogen-bond acceptors (Lipinski definition) is 4. The van der Waals surface area contributed by atoms with Crippen LogP contribution in [0.25, 0.3) is 0 Å². The zero-order chi connectivity index (χ0) is 12.3. The lowest BCUT2D eigenvalue weighted by molar-refractivity contribution is 0.355. The van der Waals surface area contributed by atoms with Crippen LogP contribution in [-0.2, 0) is 0 Å². The zero-order valence-corrected chi connectivity index (χ0v) is 10.7. The molecule has 0 amide bonds. The molecule has 17 heavy (non-hydrogen) atoms. The van der Waals surface area contributed by atoms with Crippen LogP contribution >= 0.6 is 0 Å². The first kappa shape index (κ1) is 12.0. The topological polar surface area (TPSA) is 33.7 Å². The van der Waals surface area contributed by atoms with Crippen LogP contribution in [0.1, 0.15) is 6.42 Å². The van der Waals surface area contributed by atoms with Crippen LogP contribution in [0.5, 0.6) is 11.5 Å². The Labute approximate surface area is 103 Å². The number of methoxy groups -OCH3 is 2. The fraction of sp³-hybridized carbons (Fsp3) is 0.538. The molecule has 1 aromatic rings. The van der Waals surface area contributed by atoms with Crippen molar-refractivity contribution in [2.75, 3.05) is 39.7 Å². The third-order valence-corrected chi connectivity index (χ3v) is 3.15. The van der Waals surface area contributed by atoms with Crippen LogP contribution in [0.3, 0.4) is 0 Å². The molecule has 2 rings (SSSR count). The van der Waals surface area contributed by atoms with Crippen LogP contribution in [0.15, 0.2) is 18.2 Å². The van der Waals surface area contributed by atoms with E-state index in [1.807, 2.05) is 18.2 Å². The van der Waals surface area contributed by atoms with Gasteiger partial charge in [0.25, 0.3) is 0 Å². The molecule has 1 N–H and O–H groups in total. The fourth-order valence-electron chi connectivity index (χ4n) is 2.21. The molecule has 0 aromatic heterocycles. The highest BCUT2D eigenvalue weighted by atomic mass is 16.5. The van der Waals surface area contributed by atoms with Crippen LogP contribution in [0.2, 0.25) is 0 Å². The van der Waals surface area contributed by atoms with Crippen molar-refractivity contribution in [2.24, 2.45) is 0 Å². The monoisotopic (exact) mass is 236 g/mol. The predicted octanol–water partition coefficient (Wildman–Crippen LogP) is 1.82. The Balaban J connectivity index is 2.06. The number of rotatable bonds is 4. The van der Waals surface area contributed by atoms with Crippen molar-refractivity contribution in [3.05, 3.63) is 18.2 Å². The second-order valence-electron chi connectivity index (χ2n) is 4.46. The van der Waals surface area contributed by atoms with Crippen molar-refractivity contribution in [3.63, 3.8) is 0 Å². The Morgan fingerprint density at radius 1 is 1.24 bits per heavy atom. The van der Waals surface area contributed by atoms with Gasteiger partial charge < -0.3 is 19.7 Å².